The summed E-state index contributed by atoms with van der Waals surface area (Å²) in [5.74, 6) is 0. The Bertz CT molecular complexity index is 4.00. The molecule has 0 saturated carbocycles. The van der Waals surface area contributed by atoms with Crippen LogP contribution in [-0.2, 0) is 33.0 Å². The maximum atomic E-state index is 0. The van der Waals surface area contributed by atoms with Crippen molar-refractivity contribution in [3.8, 4) is 0 Å². The monoisotopic (exact) mass is 186 g/mol. The van der Waals surface area contributed by atoms with Gasteiger partial charge < -0.3 is 24.8 Å². The van der Waals surface area contributed by atoms with Crippen molar-refractivity contribution in [2.45, 2.75) is 0 Å². The van der Waals surface area contributed by atoms with Crippen molar-refractivity contribution in [2.75, 3.05) is 0 Å². The van der Waals surface area contributed by atoms with Gasteiger partial charge in [0.25, 0.3) is 0 Å². The van der Waals surface area contributed by atoms with Gasteiger partial charge in [-0.05, 0) is 0 Å². The molecule has 0 bridgehead atoms. The average molecular weight is 188 g/mol. The molecule has 0 nitrogen and oxygen atoms in total. The quantitative estimate of drug-likeness (QED) is 0.332. The van der Waals surface area contributed by atoms with Gasteiger partial charge in [0.1, 0.15) is 0 Å². The van der Waals surface area contributed by atoms with E-state index in [4.69, 9.17) is 0 Å². The third-order valence-corrected chi connectivity index (χ3v) is 0. The molecule has 0 aromatic heterocycles. The summed E-state index contributed by atoms with van der Waals surface area (Å²) in [5, 5.41) is 0. The van der Waals surface area contributed by atoms with Crippen LogP contribution in [0.15, 0.2) is 0 Å². The van der Waals surface area contributed by atoms with E-state index in [-0.39, 0.29) is 57.8 Å². The number of rotatable bonds is 0. The molecule has 0 aromatic rings. The molecular formula is Cl2Ni2+2. The number of hydrogen-bond donors (Lipinski definition) is 0. The van der Waals surface area contributed by atoms with Crippen LogP contribution in [0, 0.1) is 0 Å². The molecule has 0 rings (SSSR count). The van der Waals surface area contributed by atoms with Crippen molar-refractivity contribution in [3.63, 3.8) is 0 Å². The van der Waals surface area contributed by atoms with Gasteiger partial charge in [0.2, 0.25) is 0 Å². The molecule has 0 aliphatic carbocycles. The molecule has 0 unspecified atom stereocenters. The van der Waals surface area contributed by atoms with Gasteiger partial charge in [0.05, 0.1) is 0 Å². The van der Waals surface area contributed by atoms with E-state index in [0.717, 1.165) is 0 Å². The standard InChI is InChI=1S/2ClH.2Ni/h2*1H;;/q;;2*+2/p-2. The fourth-order valence-electron chi connectivity index (χ4n) is 0. The molecule has 0 aliphatic heterocycles. The third-order valence-electron chi connectivity index (χ3n) is 0. The second-order valence-corrected chi connectivity index (χ2v) is 0. The van der Waals surface area contributed by atoms with E-state index in [1.54, 1.807) is 0 Å². The molecule has 0 aromatic carbocycles. The van der Waals surface area contributed by atoms with E-state index in [9.17, 15) is 0 Å². The maximum absolute atomic E-state index is 0. The maximum Gasteiger partial charge on any atom is 2.00 e. The SMILES string of the molecule is [Cl-].[Cl-].[Ni+2].[Ni+2]. The average Bonchev–Trinajstić information content (AvgIpc) is 0. The predicted octanol–water partition coefficient (Wildman–Crippen LogP) is -6.00. The summed E-state index contributed by atoms with van der Waals surface area (Å²) >= 11 is 0. The number of hydrogen-bond acceptors (Lipinski definition) is 0. The molecule has 0 amide bonds. The van der Waals surface area contributed by atoms with Crippen molar-refractivity contribution >= 4 is 0 Å². The van der Waals surface area contributed by atoms with Crippen LogP contribution in [0.25, 0.3) is 0 Å². The number of halogens is 2. The fourth-order valence-corrected chi connectivity index (χ4v) is 0. The first-order valence-corrected chi connectivity index (χ1v) is 0. The van der Waals surface area contributed by atoms with Gasteiger partial charge >= 0.3 is 33.0 Å². The zero-order chi connectivity index (χ0) is 0. The van der Waals surface area contributed by atoms with Crippen LogP contribution in [0.1, 0.15) is 0 Å². The van der Waals surface area contributed by atoms with Crippen LogP contribution in [0.3, 0.4) is 0 Å². The van der Waals surface area contributed by atoms with Crippen molar-refractivity contribution < 1.29 is 57.8 Å². The largest absolute Gasteiger partial charge is 2.00 e. The molecule has 0 aliphatic rings. The first kappa shape index (κ1) is 47.3. The first-order chi connectivity index (χ1) is 0. The van der Waals surface area contributed by atoms with E-state index < -0.39 is 0 Å². The van der Waals surface area contributed by atoms with Crippen molar-refractivity contribution in [2.24, 2.45) is 0 Å². The topological polar surface area (TPSA) is 0 Å². The molecule has 0 spiro atoms. The minimum atomic E-state index is 0. The normalized spacial score (nSPS) is 0. The molecule has 4 heavy (non-hydrogen) atoms. The van der Waals surface area contributed by atoms with Gasteiger partial charge in [-0.2, -0.15) is 0 Å². The van der Waals surface area contributed by atoms with Gasteiger partial charge in [0.15, 0.2) is 0 Å². The summed E-state index contributed by atoms with van der Waals surface area (Å²) in [6.45, 7) is 0. The predicted molar refractivity (Wildman–Crippen MR) is 0 cm³/mol. The molecule has 0 fully saturated rings. The Balaban J connectivity index is 0. The van der Waals surface area contributed by atoms with E-state index in [1.807, 2.05) is 0 Å². The van der Waals surface area contributed by atoms with Crippen LogP contribution < -0.4 is 24.8 Å². The molecule has 0 heterocycles. The molecule has 4 heteroatoms. The zero-order valence-electron chi connectivity index (χ0n) is 1.39. The summed E-state index contributed by atoms with van der Waals surface area (Å²) in [7, 11) is 0. The van der Waals surface area contributed by atoms with E-state index >= 15 is 0 Å². The van der Waals surface area contributed by atoms with Gasteiger partial charge in [-0.15, -0.1) is 0 Å². The Kier molecular flexibility index (Phi) is 280. The van der Waals surface area contributed by atoms with Gasteiger partial charge in [-0.1, -0.05) is 0 Å². The van der Waals surface area contributed by atoms with Gasteiger partial charge in [-0.25, -0.2) is 0 Å². The van der Waals surface area contributed by atoms with Crippen molar-refractivity contribution in [1.82, 2.24) is 0 Å². The van der Waals surface area contributed by atoms with Crippen LogP contribution in [-0.4, -0.2) is 0 Å². The molecule has 32 valence electrons. The summed E-state index contributed by atoms with van der Waals surface area (Å²) in [4.78, 5) is 0. The van der Waals surface area contributed by atoms with Crippen LogP contribution in [0.2, 0.25) is 0 Å². The fraction of sp³-hybridized carbons (Fsp3) is 0. The van der Waals surface area contributed by atoms with Gasteiger partial charge in [-0.3, -0.25) is 0 Å². The van der Waals surface area contributed by atoms with Gasteiger partial charge in [0, 0.05) is 0 Å². The smallest absolute Gasteiger partial charge is 1.00 e. The minimum Gasteiger partial charge on any atom is -1.00 e. The second-order valence-electron chi connectivity index (χ2n) is 0. The molecule has 0 N–H and O–H groups in total. The van der Waals surface area contributed by atoms with Crippen molar-refractivity contribution in [3.05, 3.63) is 0 Å². The Labute approximate surface area is 57.8 Å². The molecule has 0 radical (unpaired) electrons. The summed E-state index contributed by atoms with van der Waals surface area (Å²) in [6, 6.07) is 0. The second kappa shape index (κ2) is 23.7. The third kappa shape index (κ3) is 9.57. The van der Waals surface area contributed by atoms with E-state index in [0.29, 0.717) is 0 Å². The summed E-state index contributed by atoms with van der Waals surface area (Å²) < 4.78 is 0. The first-order valence-electron chi connectivity index (χ1n) is 0. The summed E-state index contributed by atoms with van der Waals surface area (Å²) in [5.41, 5.74) is 0. The Morgan fingerprint density at radius 3 is 0.500 bits per heavy atom. The molecule has 0 atom stereocenters. The van der Waals surface area contributed by atoms with Crippen LogP contribution >= 0.6 is 0 Å². The minimum absolute atomic E-state index is 0. The summed E-state index contributed by atoms with van der Waals surface area (Å²) in [6.07, 6.45) is 0. The zero-order valence-corrected chi connectivity index (χ0v) is 4.88. The Hall–Kier alpha value is 1.57. The Morgan fingerprint density at radius 1 is 0.500 bits per heavy atom. The van der Waals surface area contributed by atoms with E-state index in [1.165, 1.54) is 0 Å². The van der Waals surface area contributed by atoms with Crippen LogP contribution in [0.4, 0.5) is 0 Å². The van der Waals surface area contributed by atoms with Crippen LogP contribution in [0.5, 0.6) is 0 Å². The Morgan fingerprint density at radius 2 is 0.500 bits per heavy atom. The van der Waals surface area contributed by atoms with E-state index in [2.05, 4.69) is 0 Å². The van der Waals surface area contributed by atoms with Crippen molar-refractivity contribution in [1.29, 1.82) is 0 Å². The molecular weight excluding hydrogens is 188 g/mol. The molecule has 0 saturated heterocycles.